The minimum atomic E-state index is -1.20. The first-order chi connectivity index (χ1) is 11.3. The number of nitrogens with zero attached hydrogens (tertiary/aromatic N) is 4. The van der Waals surface area contributed by atoms with Crippen LogP contribution in [0.3, 0.4) is 0 Å². The first-order valence-electron chi connectivity index (χ1n) is 7.30. The molecule has 3 rings (SSSR count). The van der Waals surface area contributed by atoms with Crippen LogP contribution in [0.4, 0.5) is 5.69 Å². The summed E-state index contributed by atoms with van der Waals surface area (Å²) in [5.41, 5.74) is 1.35. The first kappa shape index (κ1) is 15.7. The number of anilines is 1. The zero-order valence-electron chi connectivity index (χ0n) is 13.5. The van der Waals surface area contributed by atoms with Crippen LogP contribution in [0.5, 0.6) is 0 Å². The van der Waals surface area contributed by atoms with Crippen LogP contribution in [0.1, 0.15) is 24.2 Å². The number of hydrogen-bond donors (Lipinski definition) is 2. The highest BCUT2D eigenvalue weighted by atomic mass is 16.4. The number of aliphatic carboxylic acids is 1. The van der Waals surface area contributed by atoms with E-state index in [0.29, 0.717) is 11.3 Å². The average molecular weight is 327 g/mol. The van der Waals surface area contributed by atoms with Gasteiger partial charge >= 0.3 is 5.97 Å². The minimum Gasteiger partial charge on any atom is -0.479 e. The lowest BCUT2D eigenvalue weighted by Crippen LogP contribution is -2.35. The van der Waals surface area contributed by atoms with Crippen molar-refractivity contribution in [1.82, 2.24) is 19.3 Å². The molecular formula is C16H17N5O3. The molecule has 8 heteroatoms. The molecule has 0 saturated carbocycles. The van der Waals surface area contributed by atoms with Crippen LogP contribution < -0.4 is 5.32 Å². The summed E-state index contributed by atoms with van der Waals surface area (Å²) >= 11 is 0. The van der Waals surface area contributed by atoms with Crippen molar-refractivity contribution in [2.75, 3.05) is 5.32 Å². The largest absolute Gasteiger partial charge is 0.479 e. The van der Waals surface area contributed by atoms with Crippen molar-refractivity contribution in [3.8, 4) is 0 Å². The second-order valence-corrected chi connectivity index (χ2v) is 6.05. The lowest BCUT2D eigenvalue weighted by molar-refractivity contribution is -0.146. The molecule has 3 aromatic rings. The summed E-state index contributed by atoms with van der Waals surface area (Å²) in [6.07, 6.45) is 4.59. The van der Waals surface area contributed by atoms with Gasteiger partial charge in [-0.05, 0) is 32.0 Å². The fraction of sp³-hybridized carbons (Fsp3) is 0.250. The molecule has 0 aliphatic carbocycles. The Hall–Kier alpha value is -3.16. The number of aryl methyl sites for hydroxylation is 1. The Balaban J connectivity index is 1.81. The van der Waals surface area contributed by atoms with Gasteiger partial charge in [0.05, 0.1) is 29.2 Å². The monoisotopic (exact) mass is 327 g/mol. The smallest absolute Gasteiger partial charge is 0.331 e. The molecule has 0 fully saturated rings. The highest BCUT2D eigenvalue weighted by Gasteiger charge is 2.30. The molecule has 1 aromatic carbocycles. The summed E-state index contributed by atoms with van der Waals surface area (Å²) in [7, 11) is 1.88. The normalized spacial score (nSPS) is 11.6. The molecule has 124 valence electrons. The predicted molar refractivity (Wildman–Crippen MR) is 87.9 cm³/mol. The zero-order valence-corrected chi connectivity index (χ0v) is 13.5. The fourth-order valence-electron chi connectivity index (χ4n) is 2.27. The first-order valence-corrected chi connectivity index (χ1v) is 7.30. The van der Waals surface area contributed by atoms with Gasteiger partial charge in [0.2, 0.25) is 0 Å². The number of amides is 1. The SMILES string of the molecule is Cn1cnc2cc(C(=O)Nc3cnn(C(C)(C)C(=O)O)c3)ccc21. The van der Waals surface area contributed by atoms with Crippen molar-refractivity contribution in [2.45, 2.75) is 19.4 Å². The summed E-state index contributed by atoms with van der Waals surface area (Å²) in [4.78, 5) is 27.8. The van der Waals surface area contributed by atoms with Gasteiger partial charge in [-0.3, -0.25) is 9.48 Å². The lowest BCUT2D eigenvalue weighted by Gasteiger charge is -2.19. The van der Waals surface area contributed by atoms with Crippen molar-refractivity contribution >= 4 is 28.6 Å². The number of fused-ring (bicyclic) bond motifs is 1. The van der Waals surface area contributed by atoms with Crippen LogP contribution in [-0.2, 0) is 17.4 Å². The van der Waals surface area contributed by atoms with Gasteiger partial charge in [-0.1, -0.05) is 0 Å². The minimum absolute atomic E-state index is 0.310. The van der Waals surface area contributed by atoms with E-state index in [1.807, 2.05) is 17.7 Å². The Morgan fingerprint density at radius 1 is 1.29 bits per heavy atom. The highest BCUT2D eigenvalue weighted by Crippen LogP contribution is 2.19. The van der Waals surface area contributed by atoms with E-state index in [0.717, 1.165) is 11.0 Å². The van der Waals surface area contributed by atoms with E-state index >= 15 is 0 Å². The van der Waals surface area contributed by atoms with Crippen LogP contribution in [0.25, 0.3) is 11.0 Å². The number of imidazole rings is 1. The van der Waals surface area contributed by atoms with Gasteiger partial charge in [0, 0.05) is 18.8 Å². The maximum atomic E-state index is 12.4. The summed E-state index contributed by atoms with van der Waals surface area (Å²) in [5.74, 6) is -1.32. The van der Waals surface area contributed by atoms with Gasteiger partial charge in [-0.2, -0.15) is 5.10 Å². The Labute approximate surface area is 137 Å². The third-order valence-corrected chi connectivity index (χ3v) is 3.92. The standard InChI is InChI=1S/C16H17N5O3/c1-16(2,15(23)24)21-8-11(7-18-21)19-14(22)10-4-5-13-12(6-10)17-9-20(13)3/h4-9H,1-3H3,(H,19,22)(H,23,24). The van der Waals surface area contributed by atoms with E-state index in [2.05, 4.69) is 15.4 Å². The number of rotatable bonds is 4. The Morgan fingerprint density at radius 3 is 2.75 bits per heavy atom. The van der Waals surface area contributed by atoms with Crippen LogP contribution in [-0.4, -0.2) is 36.3 Å². The highest BCUT2D eigenvalue weighted by molar-refractivity contribution is 6.05. The van der Waals surface area contributed by atoms with Crippen molar-refractivity contribution in [2.24, 2.45) is 7.05 Å². The molecule has 0 saturated heterocycles. The third kappa shape index (κ3) is 2.62. The van der Waals surface area contributed by atoms with Crippen molar-refractivity contribution in [3.63, 3.8) is 0 Å². The third-order valence-electron chi connectivity index (χ3n) is 3.92. The molecular weight excluding hydrogens is 310 g/mol. The van der Waals surface area contributed by atoms with Gasteiger partial charge in [0.25, 0.3) is 5.91 Å². The van der Waals surface area contributed by atoms with Crippen LogP contribution in [0, 0.1) is 0 Å². The van der Waals surface area contributed by atoms with E-state index < -0.39 is 11.5 Å². The molecule has 8 nitrogen and oxygen atoms in total. The molecule has 0 atom stereocenters. The summed E-state index contributed by atoms with van der Waals surface area (Å²) in [6.45, 7) is 3.06. The molecule has 0 unspecified atom stereocenters. The molecule has 2 heterocycles. The Kier molecular flexibility index (Phi) is 3.59. The number of benzene rings is 1. The molecule has 2 aromatic heterocycles. The molecule has 0 aliphatic rings. The maximum absolute atomic E-state index is 12.4. The topological polar surface area (TPSA) is 102 Å². The summed E-state index contributed by atoms with van der Waals surface area (Å²) < 4.78 is 3.17. The van der Waals surface area contributed by atoms with Gasteiger partial charge < -0.3 is 15.0 Å². The van der Waals surface area contributed by atoms with Gasteiger partial charge in [-0.15, -0.1) is 0 Å². The number of carboxylic acid groups (broad SMARTS) is 1. The maximum Gasteiger partial charge on any atom is 0.331 e. The average Bonchev–Trinajstić information content (AvgIpc) is 3.14. The molecule has 0 aliphatic heterocycles. The Morgan fingerprint density at radius 2 is 2.04 bits per heavy atom. The van der Waals surface area contributed by atoms with Crippen molar-refractivity contribution < 1.29 is 14.7 Å². The van der Waals surface area contributed by atoms with E-state index in [1.165, 1.54) is 30.9 Å². The molecule has 1 amide bonds. The van der Waals surface area contributed by atoms with Gasteiger partial charge in [0.1, 0.15) is 0 Å². The van der Waals surface area contributed by atoms with E-state index in [1.54, 1.807) is 18.5 Å². The molecule has 2 N–H and O–H groups in total. The number of carboxylic acids is 1. The predicted octanol–water partition coefficient (Wildman–Crippen LogP) is 1.84. The number of carbonyl (C=O) groups excluding carboxylic acids is 1. The van der Waals surface area contributed by atoms with Gasteiger partial charge in [-0.25, -0.2) is 9.78 Å². The molecule has 0 radical (unpaired) electrons. The van der Waals surface area contributed by atoms with Gasteiger partial charge in [0.15, 0.2) is 5.54 Å². The van der Waals surface area contributed by atoms with E-state index in [-0.39, 0.29) is 5.91 Å². The quantitative estimate of drug-likeness (QED) is 0.761. The molecule has 0 bridgehead atoms. The fourth-order valence-corrected chi connectivity index (χ4v) is 2.27. The van der Waals surface area contributed by atoms with E-state index in [9.17, 15) is 14.7 Å². The van der Waals surface area contributed by atoms with Crippen molar-refractivity contribution in [1.29, 1.82) is 0 Å². The van der Waals surface area contributed by atoms with E-state index in [4.69, 9.17) is 0 Å². The second kappa shape index (κ2) is 5.48. The van der Waals surface area contributed by atoms with Crippen LogP contribution >= 0.6 is 0 Å². The number of carbonyl (C=O) groups is 2. The zero-order chi connectivity index (χ0) is 17.5. The Bertz CT molecular complexity index is 938. The van der Waals surface area contributed by atoms with Crippen LogP contribution in [0.2, 0.25) is 0 Å². The summed E-state index contributed by atoms with van der Waals surface area (Å²) in [5, 5.41) is 15.9. The molecule has 24 heavy (non-hydrogen) atoms. The number of hydrogen-bond acceptors (Lipinski definition) is 4. The number of aromatic nitrogens is 4. The lowest BCUT2D eigenvalue weighted by atomic mass is 10.1. The van der Waals surface area contributed by atoms with Crippen molar-refractivity contribution in [3.05, 3.63) is 42.5 Å². The number of nitrogens with one attached hydrogen (secondary N) is 1. The second-order valence-electron chi connectivity index (χ2n) is 6.05. The van der Waals surface area contributed by atoms with Crippen LogP contribution in [0.15, 0.2) is 36.9 Å². The molecule has 0 spiro atoms. The summed E-state index contributed by atoms with van der Waals surface area (Å²) in [6, 6.07) is 5.25.